The monoisotopic (exact) mass is 542 g/mol. The van der Waals surface area contributed by atoms with Gasteiger partial charge in [0.05, 0.1) is 22.7 Å². The van der Waals surface area contributed by atoms with Gasteiger partial charge in [-0.2, -0.15) is 5.10 Å². The lowest BCUT2D eigenvalue weighted by atomic mass is 10.0. The molecule has 0 atom stereocenters. The number of carbonyl (C=O) groups excluding carboxylic acids is 2. The van der Waals surface area contributed by atoms with E-state index in [1.807, 2.05) is 36.5 Å². The number of carbonyl (C=O) groups is 2. The predicted molar refractivity (Wildman–Crippen MR) is 146 cm³/mol. The van der Waals surface area contributed by atoms with Crippen molar-refractivity contribution in [2.24, 2.45) is 5.92 Å². The molecule has 2 aromatic rings. The summed E-state index contributed by atoms with van der Waals surface area (Å²) >= 11 is 0. The van der Waals surface area contributed by atoms with Crippen LogP contribution in [0.2, 0.25) is 0 Å². The van der Waals surface area contributed by atoms with Crippen molar-refractivity contribution in [3.63, 3.8) is 0 Å². The number of nitrogens with one attached hydrogen (secondary N) is 1. The van der Waals surface area contributed by atoms with E-state index in [9.17, 15) is 18.0 Å². The van der Waals surface area contributed by atoms with Gasteiger partial charge in [-0.1, -0.05) is 20.4 Å². The van der Waals surface area contributed by atoms with Crippen LogP contribution in [0.15, 0.2) is 35.9 Å². The number of rotatable bonds is 7. The number of amides is 2. The average molecular weight is 543 g/mol. The second kappa shape index (κ2) is 10.00. The molecular formula is C27H38N6O4S. The van der Waals surface area contributed by atoms with Crippen LogP contribution >= 0.6 is 0 Å². The number of nitrogens with zero attached hydrogens (tertiary/aromatic N) is 5. The van der Waals surface area contributed by atoms with E-state index in [0.717, 1.165) is 42.3 Å². The van der Waals surface area contributed by atoms with Gasteiger partial charge >= 0.3 is 0 Å². The van der Waals surface area contributed by atoms with Gasteiger partial charge in [-0.25, -0.2) is 13.1 Å². The van der Waals surface area contributed by atoms with E-state index in [0.29, 0.717) is 39.3 Å². The molecule has 0 bridgehead atoms. The molecule has 2 amide bonds. The lowest BCUT2D eigenvalue weighted by molar-refractivity contribution is -0.134. The van der Waals surface area contributed by atoms with Crippen molar-refractivity contribution in [2.75, 3.05) is 44.2 Å². The quantitative estimate of drug-likeness (QED) is 0.539. The zero-order valence-corrected chi connectivity index (χ0v) is 23.3. The lowest BCUT2D eigenvalue weighted by Crippen LogP contribution is -2.50. The highest BCUT2D eigenvalue weighted by Crippen LogP contribution is 2.38. The van der Waals surface area contributed by atoms with Crippen LogP contribution in [-0.4, -0.2) is 84.6 Å². The Morgan fingerprint density at radius 2 is 1.74 bits per heavy atom. The predicted octanol–water partition coefficient (Wildman–Crippen LogP) is 2.52. The van der Waals surface area contributed by atoms with Gasteiger partial charge in [-0.05, 0) is 50.8 Å². The topological polar surface area (TPSA) is 108 Å². The van der Waals surface area contributed by atoms with Crippen LogP contribution in [0.5, 0.6) is 0 Å². The number of anilines is 1. The number of hydrogen-bond acceptors (Lipinski definition) is 6. The summed E-state index contributed by atoms with van der Waals surface area (Å²) in [5, 5.41) is 5.63. The maximum absolute atomic E-state index is 13.5. The Bertz CT molecular complexity index is 1350. The van der Waals surface area contributed by atoms with Crippen LogP contribution in [0.3, 0.4) is 0 Å². The summed E-state index contributed by atoms with van der Waals surface area (Å²) < 4.78 is 31.8. The Morgan fingerprint density at radius 3 is 2.32 bits per heavy atom. The molecule has 0 radical (unpaired) electrons. The molecule has 11 heteroatoms. The van der Waals surface area contributed by atoms with Crippen molar-refractivity contribution >= 4 is 38.4 Å². The van der Waals surface area contributed by atoms with Gasteiger partial charge in [0, 0.05) is 61.8 Å². The van der Waals surface area contributed by atoms with Crippen molar-refractivity contribution in [2.45, 2.75) is 62.9 Å². The summed E-state index contributed by atoms with van der Waals surface area (Å²) in [6.45, 7) is 13.0. The molecule has 2 saturated heterocycles. The second-order valence-corrected chi connectivity index (χ2v) is 13.0. The number of piperazine rings is 1. The first kappa shape index (κ1) is 26.7. The van der Waals surface area contributed by atoms with Crippen molar-refractivity contribution in [3.8, 4) is 0 Å². The molecule has 1 aliphatic carbocycles. The number of sulfonamides is 1. The van der Waals surface area contributed by atoms with Gasteiger partial charge in [-0.3, -0.25) is 14.3 Å². The Labute approximate surface area is 224 Å². The van der Waals surface area contributed by atoms with Gasteiger partial charge in [0.15, 0.2) is 0 Å². The van der Waals surface area contributed by atoms with E-state index in [4.69, 9.17) is 5.10 Å². The standard InChI is InChI=1S/C27H38N6O4S/c1-5-25(34)31-10-6-20(7-11-31)33-24-17-21(38(36,37)29-27(4)8-9-27)16-23(22(24)18-28-33)30-12-14-32(15-13-30)26(35)19(2)3/h5,16-20,29H,1,6-15H2,2-4H3. The lowest BCUT2D eigenvalue weighted by Gasteiger charge is -2.37. The third kappa shape index (κ3) is 5.18. The van der Waals surface area contributed by atoms with Crippen molar-refractivity contribution < 1.29 is 18.0 Å². The molecule has 1 saturated carbocycles. The third-order valence-corrected chi connectivity index (χ3v) is 9.70. The van der Waals surface area contributed by atoms with E-state index in [1.165, 1.54) is 6.08 Å². The number of likely N-dealkylation sites (tertiary alicyclic amines) is 1. The van der Waals surface area contributed by atoms with Crippen molar-refractivity contribution in [3.05, 3.63) is 31.0 Å². The number of fused-ring (bicyclic) bond motifs is 1. The van der Waals surface area contributed by atoms with E-state index in [1.54, 1.807) is 17.0 Å². The summed E-state index contributed by atoms with van der Waals surface area (Å²) in [4.78, 5) is 30.6. The first-order chi connectivity index (χ1) is 18.0. The molecular weight excluding hydrogens is 504 g/mol. The summed E-state index contributed by atoms with van der Waals surface area (Å²) in [5.41, 5.74) is 1.21. The highest BCUT2D eigenvalue weighted by molar-refractivity contribution is 7.89. The summed E-state index contributed by atoms with van der Waals surface area (Å²) in [7, 11) is -3.74. The highest BCUT2D eigenvalue weighted by atomic mass is 32.2. The molecule has 0 spiro atoms. The van der Waals surface area contributed by atoms with Gasteiger partial charge in [0.25, 0.3) is 0 Å². The fourth-order valence-electron chi connectivity index (χ4n) is 5.48. The van der Waals surface area contributed by atoms with Crippen LogP contribution in [0, 0.1) is 5.92 Å². The van der Waals surface area contributed by atoms with E-state index >= 15 is 0 Å². The molecule has 5 rings (SSSR count). The molecule has 206 valence electrons. The van der Waals surface area contributed by atoms with Gasteiger partial charge in [0.2, 0.25) is 21.8 Å². The largest absolute Gasteiger partial charge is 0.367 e. The zero-order chi connectivity index (χ0) is 27.2. The van der Waals surface area contributed by atoms with Gasteiger partial charge in [0.1, 0.15) is 0 Å². The minimum atomic E-state index is -3.74. The molecule has 10 nitrogen and oxygen atoms in total. The number of hydrogen-bond donors (Lipinski definition) is 1. The Balaban J connectivity index is 1.49. The molecule has 1 aromatic carbocycles. The Kier molecular flexibility index (Phi) is 7.02. The summed E-state index contributed by atoms with van der Waals surface area (Å²) in [6.07, 6.45) is 6.28. The normalized spacial score (nSPS) is 20.3. The Morgan fingerprint density at radius 1 is 1.08 bits per heavy atom. The maximum atomic E-state index is 13.5. The smallest absolute Gasteiger partial charge is 0.245 e. The Hall–Kier alpha value is -2.92. The second-order valence-electron chi connectivity index (χ2n) is 11.4. The first-order valence-electron chi connectivity index (χ1n) is 13.5. The van der Waals surface area contributed by atoms with Gasteiger partial charge in [-0.15, -0.1) is 0 Å². The molecule has 1 N–H and O–H groups in total. The molecule has 2 aliphatic heterocycles. The molecule has 3 aliphatic rings. The van der Waals surface area contributed by atoms with E-state index < -0.39 is 10.0 Å². The zero-order valence-electron chi connectivity index (χ0n) is 22.5. The minimum absolute atomic E-state index is 0.0528. The molecule has 3 fully saturated rings. The summed E-state index contributed by atoms with van der Waals surface area (Å²) in [5.74, 6) is 0.0179. The van der Waals surface area contributed by atoms with Crippen LogP contribution in [0.1, 0.15) is 52.5 Å². The molecule has 1 aromatic heterocycles. The molecule has 3 heterocycles. The van der Waals surface area contributed by atoms with E-state index in [2.05, 4.69) is 16.2 Å². The minimum Gasteiger partial charge on any atom is -0.367 e. The van der Waals surface area contributed by atoms with Crippen LogP contribution in [0.25, 0.3) is 10.9 Å². The highest BCUT2D eigenvalue weighted by Gasteiger charge is 2.41. The first-order valence-corrected chi connectivity index (χ1v) is 15.0. The van der Waals surface area contributed by atoms with Gasteiger partial charge < -0.3 is 14.7 Å². The fourth-order valence-corrected chi connectivity index (χ4v) is 6.98. The number of piperidine rings is 1. The van der Waals surface area contributed by atoms with Crippen LogP contribution < -0.4 is 9.62 Å². The van der Waals surface area contributed by atoms with Crippen LogP contribution in [-0.2, 0) is 19.6 Å². The van der Waals surface area contributed by atoms with Crippen LogP contribution in [0.4, 0.5) is 5.69 Å². The molecule has 0 unspecified atom stereocenters. The fraction of sp³-hybridized carbons (Fsp3) is 0.593. The molecule has 38 heavy (non-hydrogen) atoms. The maximum Gasteiger partial charge on any atom is 0.245 e. The SMILES string of the molecule is C=CC(=O)N1CCC(n2ncc3c(N4CCN(C(=O)C(C)C)CC4)cc(S(=O)(=O)NC4(C)CC4)cc32)CC1. The summed E-state index contributed by atoms with van der Waals surface area (Å²) in [6, 6.07) is 3.55. The van der Waals surface area contributed by atoms with E-state index in [-0.39, 0.29) is 34.2 Å². The number of aromatic nitrogens is 2. The average Bonchev–Trinajstić information content (AvgIpc) is 3.46. The third-order valence-electron chi connectivity index (χ3n) is 8.08. The number of benzene rings is 1. The van der Waals surface area contributed by atoms with Crippen molar-refractivity contribution in [1.82, 2.24) is 24.3 Å². The van der Waals surface area contributed by atoms with Crippen molar-refractivity contribution in [1.29, 1.82) is 0 Å².